The summed E-state index contributed by atoms with van der Waals surface area (Å²) in [6, 6.07) is 4.80. The highest BCUT2D eigenvalue weighted by molar-refractivity contribution is 6.34. The summed E-state index contributed by atoms with van der Waals surface area (Å²) in [6.45, 7) is 3.00. The Hall–Kier alpha value is -1.46. The molecule has 1 N–H and O–H groups in total. The highest BCUT2D eigenvalue weighted by Gasteiger charge is 2.24. The average Bonchev–Trinajstić information content (AvgIpc) is 2.61. The standard InChI is InChI=1S/C14H16Cl2N2O3/c1-9(21-12-7-10(15)6-11(16)8-12)14(20)18-4-2-13(19)17-3-5-18/h6-9H,2-5H2,1H3,(H,17,19). The minimum absolute atomic E-state index is 0.0412. The van der Waals surface area contributed by atoms with Crippen molar-refractivity contribution >= 4 is 35.0 Å². The van der Waals surface area contributed by atoms with Crippen LogP contribution in [0.2, 0.25) is 10.0 Å². The first-order chi connectivity index (χ1) is 9.95. The summed E-state index contributed by atoms with van der Waals surface area (Å²) < 4.78 is 5.59. The molecule has 0 aliphatic carbocycles. The maximum Gasteiger partial charge on any atom is 0.263 e. The Morgan fingerprint density at radius 1 is 1.29 bits per heavy atom. The molecule has 114 valence electrons. The lowest BCUT2D eigenvalue weighted by Crippen LogP contribution is -2.42. The van der Waals surface area contributed by atoms with Gasteiger partial charge >= 0.3 is 0 Å². The van der Waals surface area contributed by atoms with Gasteiger partial charge in [-0.2, -0.15) is 0 Å². The van der Waals surface area contributed by atoms with Crippen LogP contribution in [0, 0.1) is 0 Å². The molecular formula is C14H16Cl2N2O3. The fourth-order valence-corrected chi connectivity index (χ4v) is 2.60. The number of amides is 2. The molecule has 0 aromatic heterocycles. The van der Waals surface area contributed by atoms with Crippen molar-refractivity contribution in [1.29, 1.82) is 0 Å². The lowest BCUT2D eigenvalue weighted by molar-refractivity contribution is -0.137. The molecule has 0 saturated carbocycles. The monoisotopic (exact) mass is 330 g/mol. The summed E-state index contributed by atoms with van der Waals surface area (Å²) in [6.07, 6.45) is -0.366. The molecule has 21 heavy (non-hydrogen) atoms. The topological polar surface area (TPSA) is 58.6 Å². The van der Waals surface area contributed by atoms with Gasteiger partial charge in [0.25, 0.3) is 5.91 Å². The van der Waals surface area contributed by atoms with Gasteiger partial charge < -0.3 is 15.0 Å². The number of nitrogens with zero attached hydrogens (tertiary/aromatic N) is 1. The zero-order chi connectivity index (χ0) is 15.4. The van der Waals surface area contributed by atoms with E-state index in [1.165, 1.54) is 0 Å². The number of ether oxygens (including phenoxy) is 1. The van der Waals surface area contributed by atoms with Crippen molar-refractivity contribution in [2.75, 3.05) is 19.6 Å². The Bertz CT molecular complexity index is 531. The van der Waals surface area contributed by atoms with Crippen LogP contribution in [0.5, 0.6) is 5.75 Å². The SMILES string of the molecule is CC(Oc1cc(Cl)cc(Cl)c1)C(=O)N1CCNC(=O)CC1. The van der Waals surface area contributed by atoms with E-state index in [2.05, 4.69) is 5.32 Å². The van der Waals surface area contributed by atoms with E-state index in [9.17, 15) is 9.59 Å². The molecule has 0 radical (unpaired) electrons. The van der Waals surface area contributed by atoms with Gasteiger partial charge in [0.05, 0.1) is 0 Å². The smallest absolute Gasteiger partial charge is 0.263 e. The molecule has 1 aromatic rings. The number of carbonyl (C=O) groups excluding carboxylic acids is 2. The molecule has 1 aliphatic rings. The fourth-order valence-electron chi connectivity index (χ4n) is 2.10. The molecule has 7 heteroatoms. The second-order valence-corrected chi connectivity index (χ2v) is 5.66. The number of hydrogen-bond donors (Lipinski definition) is 1. The normalized spacial score (nSPS) is 16.9. The summed E-state index contributed by atoms with van der Waals surface area (Å²) in [7, 11) is 0. The van der Waals surface area contributed by atoms with E-state index in [0.29, 0.717) is 41.8 Å². The van der Waals surface area contributed by atoms with Crippen molar-refractivity contribution in [3.05, 3.63) is 28.2 Å². The minimum Gasteiger partial charge on any atom is -0.481 e. The van der Waals surface area contributed by atoms with E-state index < -0.39 is 6.10 Å². The Morgan fingerprint density at radius 3 is 2.62 bits per heavy atom. The van der Waals surface area contributed by atoms with Crippen molar-refractivity contribution in [2.24, 2.45) is 0 Å². The van der Waals surface area contributed by atoms with Gasteiger partial charge in [-0.25, -0.2) is 0 Å². The molecule has 1 aromatic carbocycles. The van der Waals surface area contributed by atoms with Gasteiger partial charge in [-0.05, 0) is 25.1 Å². The van der Waals surface area contributed by atoms with E-state index in [0.717, 1.165) is 0 Å². The number of carbonyl (C=O) groups is 2. The maximum absolute atomic E-state index is 12.3. The van der Waals surface area contributed by atoms with Gasteiger partial charge in [0.1, 0.15) is 5.75 Å². The van der Waals surface area contributed by atoms with E-state index in [-0.39, 0.29) is 11.8 Å². The first-order valence-corrected chi connectivity index (χ1v) is 7.39. The molecule has 5 nitrogen and oxygen atoms in total. The fraction of sp³-hybridized carbons (Fsp3) is 0.429. The van der Waals surface area contributed by atoms with E-state index in [4.69, 9.17) is 27.9 Å². The lowest BCUT2D eigenvalue weighted by Gasteiger charge is -2.24. The number of benzene rings is 1. The molecule has 1 atom stereocenters. The first-order valence-electron chi connectivity index (χ1n) is 6.64. The summed E-state index contributed by atoms with van der Waals surface area (Å²) in [5.41, 5.74) is 0. The molecular weight excluding hydrogens is 315 g/mol. The number of halogens is 2. The van der Waals surface area contributed by atoms with Crippen molar-refractivity contribution in [3.8, 4) is 5.75 Å². The summed E-state index contributed by atoms with van der Waals surface area (Å²) >= 11 is 11.8. The number of hydrogen-bond acceptors (Lipinski definition) is 3. The molecule has 1 heterocycles. The highest BCUT2D eigenvalue weighted by Crippen LogP contribution is 2.25. The summed E-state index contributed by atoms with van der Waals surface area (Å²) in [5, 5.41) is 3.62. The van der Waals surface area contributed by atoms with Crippen LogP contribution < -0.4 is 10.1 Å². The van der Waals surface area contributed by atoms with Crippen LogP contribution in [0.4, 0.5) is 0 Å². The van der Waals surface area contributed by atoms with Gasteiger partial charge in [-0.15, -0.1) is 0 Å². The average molecular weight is 331 g/mol. The van der Waals surface area contributed by atoms with Crippen LogP contribution in [0.1, 0.15) is 13.3 Å². The number of rotatable bonds is 3. The third-order valence-electron chi connectivity index (χ3n) is 3.12. The molecule has 2 rings (SSSR count). The Labute approximate surface area is 133 Å². The molecule has 0 spiro atoms. The van der Waals surface area contributed by atoms with E-state index in [1.54, 1.807) is 30.0 Å². The molecule has 1 unspecified atom stereocenters. The van der Waals surface area contributed by atoms with Crippen LogP contribution in [0.15, 0.2) is 18.2 Å². The van der Waals surface area contributed by atoms with Gasteiger partial charge in [-0.3, -0.25) is 9.59 Å². The van der Waals surface area contributed by atoms with Crippen LogP contribution in [-0.4, -0.2) is 42.5 Å². The maximum atomic E-state index is 12.3. The quantitative estimate of drug-likeness (QED) is 0.923. The second kappa shape index (κ2) is 7.00. The van der Waals surface area contributed by atoms with Gasteiger partial charge in [0, 0.05) is 36.1 Å². The zero-order valence-electron chi connectivity index (χ0n) is 11.6. The molecule has 1 aliphatic heterocycles. The zero-order valence-corrected chi connectivity index (χ0v) is 13.1. The van der Waals surface area contributed by atoms with E-state index in [1.807, 2.05) is 0 Å². The first kappa shape index (κ1) is 15.9. The van der Waals surface area contributed by atoms with Crippen LogP contribution >= 0.6 is 23.2 Å². The summed E-state index contributed by atoms with van der Waals surface area (Å²) in [5.74, 6) is 0.237. The van der Waals surface area contributed by atoms with E-state index >= 15 is 0 Å². The third-order valence-corrected chi connectivity index (χ3v) is 3.56. The Kier molecular flexibility index (Phi) is 5.31. The van der Waals surface area contributed by atoms with Crippen molar-refractivity contribution in [1.82, 2.24) is 10.2 Å². The van der Waals surface area contributed by atoms with Crippen LogP contribution in [-0.2, 0) is 9.59 Å². The predicted octanol–water partition coefficient (Wildman–Crippen LogP) is 2.11. The van der Waals surface area contributed by atoms with Gasteiger partial charge in [0.2, 0.25) is 5.91 Å². The molecule has 2 amide bonds. The molecule has 1 saturated heterocycles. The second-order valence-electron chi connectivity index (χ2n) is 4.79. The van der Waals surface area contributed by atoms with Crippen LogP contribution in [0.3, 0.4) is 0 Å². The minimum atomic E-state index is -0.673. The van der Waals surface area contributed by atoms with Crippen molar-refractivity contribution in [3.63, 3.8) is 0 Å². The lowest BCUT2D eigenvalue weighted by atomic mass is 10.3. The van der Waals surface area contributed by atoms with Gasteiger partial charge in [0.15, 0.2) is 6.10 Å². The number of nitrogens with one attached hydrogen (secondary N) is 1. The third kappa shape index (κ3) is 4.51. The Morgan fingerprint density at radius 2 is 1.95 bits per heavy atom. The highest BCUT2D eigenvalue weighted by atomic mass is 35.5. The molecule has 1 fully saturated rings. The van der Waals surface area contributed by atoms with Crippen LogP contribution in [0.25, 0.3) is 0 Å². The predicted molar refractivity (Wildman–Crippen MR) is 80.8 cm³/mol. The molecule has 0 bridgehead atoms. The van der Waals surface area contributed by atoms with Crippen molar-refractivity contribution < 1.29 is 14.3 Å². The Balaban J connectivity index is 2.00. The van der Waals surface area contributed by atoms with Gasteiger partial charge in [-0.1, -0.05) is 23.2 Å². The summed E-state index contributed by atoms with van der Waals surface area (Å²) in [4.78, 5) is 25.2. The van der Waals surface area contributed by atoms with Crippen molar-refractivity contribution in [2.45, 2.75) is 19.4 Å². The largest absolute Gasteiger partial charge is 0.481 e.